The minimum Gasteiger partial charge on any atom is -0.443 e. The van der Waals surface area contributed by atoms with Gasteiger partial charge in [0.15, 0.2) is 0 Å². The molecule has 0 fully saturated rings. The summed E-state index contributed by atoms with van der Waals surface area (Å²) >= 11 is 0. The van der Waals surface area contributed by atoms with Crippen LogP contribution in [0.25, 0.3) is 0 Å². The number of hydrogen-bond acceptors (Lipinski definition) is 2. The summed E-state index contributed by atoms with van der Waals surface area (Å²) in [6.45, 7) is 3.76. The van der Waals surface area contributed by atoms with Crippen LogP contribution in [-0.4, -0.2) is 12.3 Å². The summed E-state index contributed by atoms with van der Waals surface area (Å²) in [5.74, 6) is 0. The number of carbonyl (C=O) groups excluding carboxylic acids is 1. The molecule has 1 rings (SSSR count). The number of amides is 1. The number of hydrogen-bond donors (Lipinski definition) is 0. The molecule has 0 saturated carbocycles. The summed E-state index contributed by atoms with van der Waals surface area (Å²) in [4.78, 5) is 14.8. The van der Waals surface area contributed by atoms with E-state index in [9.17, 15) is 4.79 Å². The molecule has 0 atom stereocenters. The lowest BCUT2D eigenvalue weighted by Gasteiger charge is -2.00. The van der Waals surface area contributed by atoms with Gasteiger partial charge in [-0.3, -0.25) is 0 Å². The Labute approximate surface area is 107 Å². The summed E-state index contributed by atoms with van der Waals surface area (Å²) in [5, 5.41) is 0. The monoisotopic (exact) mass is 241 g/mol. The van der Waals surface area contributed by atoms with E-state index in [2.05, 4.69) is 11.6 Å². The van der Waals surface area contributed by atoms with Crippen LogP contribution in [-0.2, 0) is 11.3 Å². The van der Waals surface area contributed by atoms with Crippen LogP contribution in [0.2, 0.25) is 0 Å². The smallest absolute Gasteiger partial charge is 0.433 e. The second-order valence-corrected chi connectivity index (χ2v) is 3.32. The Bertz CT molecular complexity index is 459. The summed E-state index contributed by atoms with van der Waals surface area (Å²) < 4.78 is 4.95. The van der Waals surface area contributed by atoms with Crippen LogP contribution in [0.1, 0.15) is 5.56 Å². The van der Waals surface area contributed by atoms with Gasteiger partial charge in [-0.2, -0.15) is 4.99 Å². The molecule has 92 valence electrons. The number of nitrogens with zero attached hydrogens (tertiary/aromatic N) is 1. The van der Waals surface area contributed by atoms with Crippen molar-refractivity contribution >= 4 is 12.3 Å². The number of aliphatic imine (C=N–C) groups is 1. The van der Waals surface area contributed by atoms with Crippen molar-refractivity contribution in [1.82, 2.24) is 0 Å². The Morgan fingerprint density at radius 1 is 1.17 bits per heavy atom. The van der Waals surface area contributed by atoms with Gasteiger partial charge in [0.1, 0.15) is 6.61 Å². The standard InChI is InChI=1S/C15H15NO2/c1-2-3-4-5-9-12-16-15(17)18-13-14-10-7-6-8-11-14/h2-12H,1,13H2/b4-3-,9-5-,16-12+. The lowest BCUT2D eigenvalue weighted by Crippen LogP contribution is -1.98. The van der Waals surface area contributed by atoms with E-state index in [1.807, 2.05) is 30.3 Å². The number of carbonyl (C=O) groups is 1. The lowest BCUT2D eigenvalue weighted by molar-refractivity contribution is 0.151. The van der Waals surface area contributed by atoms with E-state index in [-0.39, 0.29) is 6.61 Å². The quantitative estimate of drug-likeness (QED) is 0.582. The predicted octanol–water partition coefficient (Wildman–Crippen LogP) is 3.69. The van der Waals surface area contributed by atoms with Crippen molar-refractivity contribution in [1.29, 1.82) is 0 Å². The molecule has 0 radical (unpaired) electrons. The molecule has 1 aromatic carbocycles. The molecular weight excluding hydrogens is 226 g/mol. The maximum absolute atomic E-state index is 11.2. The number of rotatable bonds is 5. The van der Waals surface area contributed by atoms with E-state index in [4.69, 9.17) is 4.74 Å². The largest absolute Gasteiger partial charge is 0.443 e. The van der Waals surface area contributed by atoms with E-state index in [0.717, 1.165) is 5.56 Å². The van der Waals surface area contributed by atoms with Crippen molar-refractivity contribution in [2.75, 3.05) is 0 Å². The second-order valence-electron chi connectivity index (χ2n) is 3.32. The molecule has 1 aromatic rings. The highest BCUT2D eigenvalue weighted by atomic mass is 16.5. The van der Waals surface area contributed by atoms with Crippen molar-refractivity contribution in [2.24, 2.45) is 4.99 Å². The van der Waals surface area contributed by atoms with Crippen LogP contribution < -0.4 is 0 Å². The molecule has 0 spiro atoms. The van der Waals surface area contributed by atoms with Crippen molar-refractivity contribution in [3.63, 3.8) is 0 Å². The molecule has 18 heavy (non-hydrogen) atoms. The molecule has 0 heterocycles. The lowest BCUT2D eigenvalue weighted by atomic mass is 10.2. The molecule has 0 bridgehead atoms. The molecule has 1 amide bonds. The summed E-state index contributed by atoms with van der Waals surface area (Å²) in [5.41, 5.74) is 0.936. The zero-order chi connectivity index (χ0) is 13.1. The highest BCUT2D eigenvalue weighted by molar-refractivity contribution is 5.84. The fourth-order valence-corrected chi connectivity index (χ4v) is 1.12. The zero-order valence-electron chi connectivity index (χ0n) is 10.0. The Hall–Kier alpha value is -2.42. The van der Waals surface area contributed by atoms with Crippen LogP contribution in [0, 0.1) is 0 Å². The van der Waals surface area contributed by atoms with Crippen LogP contribution >= 0.6 is 0 Å². The van der Waals surface area contributed by atoms with Crippen molar-refractivity contribution in [3.05, 3.63) is 72.9 Å². The van der Waals surface area contributed by atoms with E-state index >= 15 is 0 Å². The van der Waals surface area contributed by atoms with Crippen molar-refractivity contribution < 1.29 is 9.53 Å². The van der Waals surface area contributed by atoms with Gasteiger partial charge in [-0.05, 0) is 11.6 Å². The SMILES string of the molecule is C=C\C=C/C=C\C=N\C(=O)OCc1ccccc1. The Morgan fingerprint density at radius 2 is 1.89 bits per heavy atom. The number of benzene rings is 1. The van der Waals surface area contributed by atoms with E-state index < -0.39 is 6.09 Å². The van der Waals surface area contributed by atoms with E-state index in [1.165, 1.54) is 6.21 Å². The van der Waals surface area contributed by atoms with Gasteiger partial charge in [-0.1, -0.05) is 61.2 Å². The van der Waals surface area contributed by atoms with Gasteiger partial charge in [-0.15, -0.1) is 0 Å². The molecule has 3 nitrogen and oxygen atoms in total. The van der Waals surface area contributed by atoms with Crippen LogP contribution in [0.4, 0.5) is 4.79 Å². The summed E-state index contributed by atoms with van der Waals surface area (Å²) in [7, 11) is 0. The fraction of sp³-hybridized carbons (Fsp3) is 0.0667. The zero-order valence-corrected chi connectivity index (χ0v) is 10.0. The van der Waals surface area contributed by atoms with Crippen molar-refractivity contribution in [3.8, 4) is 0 Å². The van der Waals surface area contributed by atoms with Gasteiger partial charge < -0.3 is 4.74 Å². The van der Waals surface area contributed by atoms with Gasteiger partial charge in [0.25, 0.3) is 0 Å². The van der Waals surface area contributed by atoms with Gasteiger partial charge in [-0.25, -0.2) is 4.79 Å². The van der Waals surface area contributed by atoms with E-state index in [0.29, 0.717) is 0 Å². The van der Waals surface area contributed by atoms with Crippen LogP contribution in [0.3, 0.4) is 0 Å². The van der Waals surface area contributed by atoms with Gasteiger partial charge in [0, 0.05) is 6.21 Å². The normalized spacial score (nSPS) is 11.3. The molecular formula is C15H15NO2. The minimum atomic E-state index is -0.601. The van der Waals surface area contributed by atoms with Gasteiger partial charge >= 0.3 is 6.09 Å². The Balaban J connectivity index is 2.29. The minimum absolute atomic E-state index is 0.233. The topological polar surface area (TPSA) is 38.7 Å². The first-order valence-electron chi connectivity index (χ1n) is 5.52. The molecule has 0 aliphatic carbocycles. The molecule has 0 aliphatic rings. The third-order valence-electron chi connectivity index (χ3n) is 1.94. The van der Waals surface area contributed by atoms with Gasteiger partial charge in [0.05, 0.1) is 0 Å². The highest BCUT2D eigenvalue weighted by Crippen LogP contribution is 2.01. The molecule has 0 aliphatic heterocycles. The van der Waals surface area contributed by atoms with Crippen LogP contribution in [0.15, 0.2) is 72.3 Å². The maximum Gasteiger partial charge on any atom is 0.433 e. The molecule has 0 N–H and O–H groups in total. The Morgan fingerprint density at radius 3 is 2.61 bits per heavy atom. The fourth-order valence-electron chi connectivity index (χ4n) is 1.12. The molecule has 0 unspecified atom stereocenters. The summed E-state index contributed by atoms with van der Waals surface area (Å²) in [6.07, 6.45) is 9.40. The summed E-state index contributed by atoms with van der Waals surface area (Å²) in [6, 6.07) is 9.46. The number of ether oxygens (including phenoxy) is 1. The second kappa shape index (κ2) is 8.70. The first kappa shape index (κ1) is 13.6. The van der Waals surface area contributed by atoms with Crippen LogP contribution in [0.5, 0.6) is 0 Å². The average molecular weight is 241 g/mol. The third-order valence-corrected chi connectivity index (χ3v) is 1.94. The first-order chi connectivity index (χ1) is 8.83. The molecule has 0 aromatic heterocycles. The highest BCUT2D eigenvalue weighted by Gasteiger charge is 1.97. The third kappa shape index (κ3) is 6.23. The first-order valence-corrected chi connectivity index (χ1v) is 5.52. The van der Waals surface area contributed by atoms with E-state index in [1.54, 1.807) is 30.4 Å². The molecule has 0 saturated heterocycles. The maximum atomic E-state index is 11.2. The van der Waals surface area contributed by atoms with Crippen molar-refractivity contribution in [2.45, 2.75) is 6.61 Å². The average Bonchev–Trinajstić information content (AvgIpc) is 2.41. The predicted molar refractivity (Wildman–Crippen MR) is 73.6 cm³/mol. The Kier molecular flexibility index (Phi) is 6.59. The molecule has 3 heteroatoms. The number of allylic oxidation sites excluding steroid dienone is 5. The van der Waals surface area contributed by atoms with Gasteiger partial charge in [0.2, 0.25) is 0 Å².